The summed E-state index contributed by atoms with van der Waals surface area (Å²) in [5.74, 6) is 0. The summed E-state index contributed by atoms with van der Waals surface area (Å²) >= 11 is 0. The van der Waals surface area contributed by atoms with Crippen molar-refractivity contribution >= 4 is 20.2 Å². The van der Waals surface area contributed by atoms with Gasteiger partial charge in [0.15, 0.2) is 8.38 Å². The summed E-state index contributed by atoms with van der Waals surface area (Å²) in [4.78, 5) is 12.4. The zero-order chi connectivity index (χ0) is 12.3. The lowest BCUT2D eigenvalue weighted by atomic mass is 10.3. The third kappa shape index (κ3) is 3.16. The predicted octanol–water partition coefficient (Wildman–Crippen LogP) is 2.88. The number of anilines is 1. The molecular weight excluding hydrogens is 241 g/mol. The Kier molecular flexibility index (Phi) is 3.94. The zero-order valence-electron chi connectivity index (χ0n) is 9.44. The van der Waals surface area contributed by atoms with E-state index >= 15 is 0 Å². The van der Waals surface area contributed by atoms with Crippen LogP contribution in [0.2, 0.25) is 0 Å². The Bertz CT molecular complexity index is 386. The summed E-state index contributed by atoms with van der Waals surface area (Å²) in [5.41, 5.74) is 0.634. The minimum atomic E-state index is -1.13. The van der Waals surface area contributed by atoms with Crippen LogP contribution in [0.3, 0.4) is 0 Å². The number of benzene rings is 1. The van der Waals surface area contributed by atoms with Crippen molar-refractivity contribution in [3.8, 4) is 0 Å². The van der Waals surface area contributed by atoms with Crippen molar-refractivity contribution in [2.75, 3.05) is 17.8 Å². The highest BCUT2D eigenvalue weighted by atomic mass is 31.2. The highest BCUT2D eigenvalue weighted by Gasteiger charge is 2.28. The van der Waals surface area contributed by atoms with Crippen molar-refractivity contribution in [3.63, 3.8) is 0 Å². The van der Waals surface area contributed by atoms with Crippen LogP contribution < -0.4 is 4.90 Å². The summed E-state index contributed by atoms with van der Waals surface area (Å²) < 4.78 is 10.9. The fourth-order valence-corrected chi connectivity index (χ4v) is 3.06. The van der Waals surface area contributed by atoms with E-state index in [2.05, 4.69) is 0 Å². The van der Waals surface area contributed by atoms with Gasteiger partial charge in [-0.05, 0) is 19.1 Å². The molecule has 0 spiro atoms. The van der Waals surface area contributed by atoms with Gasteiger partial charge >= 0.3 is 6.09 Å². The normalized spacial score (nSPS) is 23.6. The lowest BCUT2D eigenvalue weighted by Gasteiger charge is -2.21. The second kappa shape index (κ2) is 5.45. The summed E-state index contributed by atoms with van der Waals surface area (Å²) in [6.45, 7) is 2.45. The summed E-state index contributed by atoms with van der Waals surface area (Å²) in [6, 6.07) is 8.96. The van der Waals surface area contributed by atoms with Gasteiger partial charge in [0.1, 0.15) is 0 Å². The summed E-state index contributed by atoms with van der Waals surface area (Å²) in [6.07, 6.45) is -0.697. The molecule has 0 radical (unpaired) electrons. The molecule has 6 heteroatoms. The first kappa shape index (κ1) is 12.3. The van der Waals surface area contributed by atoms with Crippen molar-refractivity contribution < 1.29 is 18.9 Å². The Morgan fingerprint density at radius 3 is 2.76 bits per heavy atom. The highest BCUT2D eigenvalue weighted by Crippen LogP contribution is 2.46. The molecule has 1 N–H and O–H groups in total. The minimum absolute atomic E-state index is 0.0486. The van der Waals surface area contributed by atoms with Crippen LogP contribution in [0.1, 0.15) is 6.92 Å². The van der Waals surface area contributed by atoms with Gasteiger partial charge in [0.05, 0.1) is 19.0 Å². The van der Waals surface area contributed by atoms with E-state index in [1.807, 2.05) is 13.0 Å². The van der Waals surface area contributed by atoms with Gasteiger partial charge < -0.3 is 14.2 Å². The van der Waals surface area contributed by atoms with Crippen LogP contribution in [0.5, 0.6) is 0 Å². The van der Waals surface area contributed by atoms with Gasteiger partial charge in [-0.3, -0.25) is 4.90 Å². The van der Waals surface area contributed by atoms with Crippen LogP contribution in [0, 0.1) is 0 Å². The number of rotatable bonds is 3. The van der Waals surface area contributed by atoms with E-state index in [0.29, 0.717) is 12.3 Å². The zero-order valence-corrected chi connectivity index (χ0v) is 10.3. The second-order valence-corrected chi connectivity index (χ2v) is 5.15. The van der Waals surface area contributed by atoms with E-state index in [0.717, 1.165) is 0 Å². The number of nitrogens with zero attached hydrogens (tertiary/aromatic N) is 1. The van der Waals surface area contributed by atoms with Gasteiger partial charge in [-0.1, -0.05) is 18.2 Å². The molecule has 1 aliphatic heterocycles. The summed E-state index contributed by atoms with van der Waals surface area (Å²) in [5, 5.41) is 9.18. The lowest BCUT2D eigenvalue weighted by Crippen LogP contribution is -2.29. The van der Waals surface area contributed by atoms with E-state index in [1.165, 1.54) is 4.90 Å². The van der Waals surface area contributed by atoms with Crippen LogP contribution in [-0.4, -0.2) is 30.2 Å². The largest absolute Gasteiger partial charge is 0.465 e. The monoisotopic (exact) mass is 255 g/mol. The number of para-hydroxylation sites is 1. The average molecular weight is 255 g/mol. The van der Waals surface area contributed by atoms with Gasteiger partial charge in [0.2, 0.25) is 0 Å². The predicted molar refractivity (Wildman–Crippen MR) is 65.2 cm³/mol. The number of amides is 1. The van der Waals surface area contributed by atoms with Gasteiger partial charge in [-0.15, -0.1) is 0 Å². The summed E-state index contributed by atoms with van der Waals surface area (Å²) in [7, 11) is -1.13. The van der Waals surface area contributed by atoms with E-state index in [9.17, 15) is 9.90 Å². The van der Waals surface area contributed by atoms with Crippen molar-refractivity contribution in [1.82, 2.24) is 0 Å². The Hall–Kier alpha value is -1.16. The Balaban J connectivity index is 2.06. The van der Waals surface area contributed by atoms with Gasteiger partial charge in [0.25, 0.3) is 0 Å². The number of hydrogen-bond acceptors (Lipinski definition) is 3. The number of hydrogen-bond donors (Lipinski definition) is 1. The molecule has 2 atom stereocenters. The van der Waals surface area contributed by atoms with Crippen LogP contribution in [0.15, 0.2) is 30.3 Å². The maximum Gasteiger partial charge on any atom is 0.412 e. The SMILES string of the molecule is CC1COP(CN(C(=O)O)c2ccccc2)O1. The van der Waals surface area contributed by atoms with Gasteiger partial charge in [-0.2, -0.15) is 0 Å². The fraction of sp³-hybridized carbons (Fsp3) is 0.364. The molecule has 1 saturated heterocycles. The molecule has 5 nitrogen and oxygen atoms in total. The Labute approximate surface area is 101 Å². The molecule has 1 amide bonds. The Morgan fingerprint density at radius 2 is 2.24 bits per heavy atom. The molecule has 17 heavy (non-hydrogen) atoms. The van der Waals surface area contributed by atoms with E-state index in [1.54, 1.807) is 24.3 Å². The Morgan fingerprint density at radius 1 is 1.53 bits per heavy atom. The van der Waals surface area contributed by atoms with Crippen LogP contribution >= 0.6 is 8.38 Å². The molecule has 1 aromatic rings. The van der Waals surface area contributed by atoms with E-state index in [4.69, 9.17) is 9.05 Å². The van der Waals surface area contributed by atoms with Gasteiger partial charge in [-0.25, -0.2) is 4.79 Å². The van der Waals surface area contributed by atoms with Crippen LogP contribution in [0.4, 0.5) is 10.5 Å². The molecule has 0 saturated carbocycles. The standard InChI is InChI=1S/C11H14NO4P/c1-9-7-15-17(16-9)8-12(11(13)14)10-5-3-2-4-6-10/h2-6,9H,7-8H2,1H3,(H,13,14). The third-order valence-corrected chi connectivity index (χ3v) is 3.85. The van der Waals surface area contributed by atoms with Crippen molar-refractivity contribution in [1.29, 1.82) is 0 Å². The second-order valence-electron chi connectivity index (χ2n) is 3.73. The number of carboxylic acid groups (broad SMARTS) is 1. The molecule has 1 aromatic carbocycles. The fourth-order valence-electron chi connectivity index (χ4n) is 1.50. The smallest absolute Gasteiger partial charge is 0.412 e. The minimum Gasteiger partial charge on any atom is -0.465 e. The average Bonchev–Trinajstić information content (AvgIpc) is 2.73. The molecule has 0 aromatic heterocycles. The van der Waals surface area contributed by atoms with Crippen LogP contribution in [0.25, 0.3) is 0 Å². The quantitative estimate of drug-likeness (QED) is 0.844. The molecule has 2 unspecified atom stereocenters. The van der Waals surface area contributed by atoms with Crippen molar-refractivity contribution in [2.24, 2.45) is 0 Å². The van der Waals surface area contributed by atoms with Crippen molar-refractivity contribution in [3.05, 3.63) is 30.3 Å². The van der Waals surface area contributed by atoms with E-state index < -0.39 is 14.5 Å². The van der Waals surface area contributed by atoms with Gasteiger partial charge in [0, 0.05) is 5.69 Å². The molecule has 1 aliphatic rings. The highest BCUT2D eigenvalue weighted by molar-refractivity contribution is 7.47. The maximum atomic E-state index is 11.2. The maximum absolute atomic E-state index is 11.2. The molecule has 92 valence electrons. The first-order chi connectivity index (χ1) is 8.16. The van der Waals surface area contributed by atoms with Crippen molar-refractivity contribution in [2.45, 2.75) is 13.0 Å². The van der Waals surface area contributed by atoms with Crippen LogP contribution in [-0.2, 0) is 9.05 Å². The molecule has 0 bridgehead atoms. The first-order valence-electron chi connectivity index (χ1n) is 5.29. The molecule has 2 rings (SSSR count). The first-order valence-corrected chi connectivity index (χ1v) is 6.66. The molecule has 0 aliphatic carbocycles. The van der Waals surface area contributed by atoms with E-state index in [-0.39, 0.29) is 12.4 Å². The number of carbonyl (C=O) groups is 1. The lowest BCUT2D eigenvalue weighted by molar-refractivity contribution is 0.202. The molecule has 1 fully saturated rings. The molecular formula is C11H14NO4P. The topological polar surface area (TPSA) is 59.0 Å². The third-order valence-electron chi connectivity index (χ3n) is 2.31. The molecule has 1 heterocycles.